The fraction of sp³-hybridized carbons (Fsp3) is 0.600. The molecule has 6 heteroatoms. The molecule has 0 N–H and O–H groups in total. The molecular weight excluding hydrogens is 351 g/mol. The number of hydrogen-bond acceptors (Lipinski definition) is 1. The molecule has 2 aliphatic carbocycles. The van der Waals surface area contributed by atoms with Crippen LogP contribution in [0.5, 0.6) is 5.75 Å². The Morgan fingerprint density at radius 1 is 0.962 bits per heavy atom. The van der Waals surface area contributed by atoms with Gasteiger partial charge in [-0.25, -0.2) is 8.78 Å². The number of allylic oxidation sites excluding steroid dienone is 2. The monoisotopic (exact) mass is 374 g/mol. The Balaban J connectivity index is 1.75. The van der Waals surface area contributed by atoms with Crippen molar-refractivity contribution < 1.29 is 26.7 Å². The van der Waals surface area contributed by atoms with Crippen LogP contribution in [0, 0.1) is 29.4 Å². The Morgan fingerprint density at radius 2 is 1.65 bits per heavy atom. The average molecular weight is 374 g/mol. The van der Waals surface area contributed by atoms with Crippen LogP contribution < -0.4 is 4.74 Å². The van der Waals surface area contributed by atoms with Crippen LogP contribution >= 0.6 is 0 Å². The van der Waals surface area contributed by atoms with Gasteiger partial charge in [0.25, 0.3) is 0 Å². The normalized spacial score (nSPS) is 27.2. The Labute approximate surface area is 150 Å². The summed E-state index contributed by atoms with van der Waals surface area (Å²) in [5, 5.41) is 0. The minimum absolute atomic E-state index is 0.00127. The van der Waals surface area contributed by atoms with E-state index in [0.717, 1.165) is 24.8 Å². The summed E-state index contributed by atoms with van der Waals surface area (Å²) in [6.45, 7) is 2.27. The molecule has 0 saturated heterocycles. The second kappa shape index (κ2) is 7.57. The Bertz CT molecular complexity index is 672. The third-order valence-electron chi connectivity index (χ3n) is 5.79. The maximum Gasteiger partial charge on any atom is 0.573 e. The van der Waals surface area contributed by atoms with Crippen LogP contribution in [0.2, 0.25) is 0 Å². The van der Waals surface area contributed by atoms with E-state index >= 15 is 0 Å². The second-order valence-electron chi connectivity index (χ2n) is 7.57. The lowest BCUT2D eigenvalue weighted by atomic mass is 9.71. The maximum atomic E-state index is 14.4. The van der Waals surface area contributed by atoms with Gasteiger partial charge in [-0.3, -0.25) is 0 Å². The lowest BCUT2D eigenvalue weighted by molar-refractivity contribution is -0.276. The van der Waals surface area contributed by atoms with Crippen molar-refractivity contribution in [2.24, 2.45) is 17.8 Å². The van der Waals surface area contributed by atoms with Gasteiger partial charge in [-0.05, 0) is 67.6 Å². The highest BCUT2D eigenvalue weighted by molar-refractivity contribution is 5.68. The van der Waals surface area contributed by atoms with Gasteiger partial charge in [-0.2, -0.15) is 0 Å². The van der Waals surface area contributed by atoms with Crippen molar-refractivity contribution in [1.29, 1.82) is 0 Å². The number of hydrogen-bond donors (Lipinski definition) is 0. The van der Waals surface area contributed by atoms with E-state index in [9.17, 15) is 22.0 Å². The molecule has 1 nitrogen and oxygen atoms in total. The summed E-state index contributed by atoms with van der Waals surface area (Å²) >= 11 is 0. The van der Waals surface area contributed by atoms with Gasteiger partial charge in [0.1, 0.15) is 0 Å². The quantitative estimate of drug-likeness (QED) is 0.524. The van der Waals surface area contributed by atoms with Crippen LogP contribution in [-0.4, -0.2) is 6.36 Å². The van der Waals surface area contributed by atoms with Gasteiger partial charge in [0.2, 0.25) is 5.75 Å². The van der Waals surface area contributed by atoms with Crippen molar-refractivity contribution in [2.75, 3.05) is 0 Å². The lowest BCUT2D eigenvalue weighted by Gasteiger charge is -2.34. The Morgan fingerprint density at radius 3 is 2.23 bits per heavy atom. The van der Waals surface area contributed by atoms with E-state index in [2.05, 4.69) is 11.7 Å². The van der Waals surface area contributed by atoms with Gasteiger partial charge < -0.3 is 4.74 Å². The fourth-order valence-electron chi connectivity index (χ4n) is 4.27. The molecule has 0 bridgehead atoms. The van der Waals surface area contributed by atoms with Crippen molar-refractivity contribution in [1.82, 2.24) is 0 Å². The third-order valence-corrected chi connectivity index (χ3v) is 5.79. The number of halogens is 5. The summed E-state index contributed by atoms with van der Waals surface area (Å²) in [7, 11) is 0. The van der Waals surface area contributed by atoms with Crippen molar-refractivity contribution in [3.63, 3.8) is 0 Å². The second-order valence-corrected chi connectivity index (χ2v) is 7.57. The maximum absolute atomic E-state index is 14.4. The third kappa shape index (κ3) is 4.38. The fourth-order valence-corrected chi connectivity index (χ4v) is 4.27. The van der Waals surface area contributed by atoms with Crippen molar-refractivity contribution in [3.05, 3.63) is 35.4 Å². The number of alkyl halides is 3. The summed E-state index contributed by atoms with van der Waals surface area (Å²) in [4.78, 5) is 0. The number of ether oxygens (including phenoxy) is 1. The van der Waals surface area contributed by atoms with E-state index in [1.54, 1.807) is 0 Å². The van der Waals surface area contributed by atoms with E-state index in [0.29, 0.717) is 23.8 Å². The molecule has 1 saturated carbocycles. The topological polar surface area (TPSA) is 9.23 Å². The van der Waals surface area contributed by atoms with E-state index < -0.39 is 23.7 Å². The first-order valence-electron chi connectivity index (χ1n) is 9.17. The summed E-state index contributed by atoms with van der Waals surface area (Å²) in [5.74, 6) is -2.01. The highest BCUT2D eigenvalue weighted by Crippen LogP contribution is 2.42. The molecule has 0 radical (unpaired) electrons. The predicted molar refractivity (Wildman–Crippen MR) is 89.5 cm³/mol. The molecule has 26 heavy (non-hydrogen) atoms. The zero-order chi connectivity index (χ0) is 18.9. The van der Waals surface area contributed by atoms with E-state index in [4.69, 9.17) is 0 Å². The highest BCUT2D eigenvalue weighted by atomic mass is 19.4. The van der Waals surface area contributed by atoms with Gasteiger partial charge >= 0.3 is 6.36 Å². The molecule has 0 aromatic heterocycles. The van der Waals surface area contributed by atoms with Crippen molar-refractivity contribution >= 4 is 5.57 Å². The van der Waals surface area contributed by atoms with Gasteiger partial charge in [-0.15, -0.1) is 13.2 Å². The zero-order valence-corrected chi connectivity index (χ0v) is 14.7. The van der Waals surface area contributed by atoms with E-state index in [1.807, 2.05) is 6.08 Å². The zero-order valence-electron chi connectivity index (χ0n) is 14.7. The van der Waals surface area contributed by atoms with Gasteiger partial charge in [0.15, 0.2) is 11.6 Å². The van der Waals surface area contributed by atoms with E-state index in [1.165, 1.54) is 31.7 Å². The van der Waals surface area contributed by atoms with Crippen molar-refractivity contribution in [3.8, 4) is 5.75 Å². The van der Waals surface area contributed by atoms with Crippen LogP contribution in [0.15, 0.2) is 18.2 Å². The first-order valence-corrected chi connectivity index (χ1v) is 9.17. The average Bonchev–Trinajstić information content (AvgIpc) is 2.59. The molecule has 0 amide bonds. The van der Waals surface area contributed by atoms with Gasteiger partial charge in [0, 0.05) is 5.56 Å². The predicted octanol–water partition coefficient (Wildman–Crippen LogP) is 6.87. The molecule has 144 valence electrons. The molecule has 0 spiro atoms. The standard InChI is InChI=1S/C20H23F5O/c1-12-2-4-13(5-3-12)14-6-8-15(9-7-14)16-10-11-17(21)19(18(16)22)26-20(23,24)25/h8,10-14H,2-7,9H2,1H3. The summed E-state index contributed by atoms with van der Waals surface area (Å²) < 4.78 is 68.7. The van der Waals surface area contributed by atoms with Gasteiger partial charge in [0.05, 0.1) is 0 Å². The van der Waals surface area contributed by atoms with Crippen LogP contribution in [0.4, 0.5) is 22.0 Å². The molecule has 0 aliphatic heterocycles. The minimum atomic E-state index is -5.13. The summed E-state index contributed by atoms with van der Waals surface area (Å²) in [5.41, 5.74) is 0.635. The van der Waals surface area contributed by atoms with Gasteiger partial charge in [-0.1, -0.05) is 25.8 Å². The molecule has 1 atom stereocenters. The van der Waals surface area contributed by atoms with Crippen LogP contribution in [0.25, 0.3) is 5.57 Å². The Kier molecular flexibility index (Phi) is 5.58. The molecular formula is C20H23F5O. The lowest BCUT2D eigenvalue weighted by Crippen LogP contribution is -2.22. The first kappa shape index (κ1) is 19.2. The molecule has 2 aliphatic rings. The molecule has 3 rings (SSSR count). The van der Waals surface area contributed by atoms with Crippen molar-refractivity contribution in [2.45, 2.75) is 58.2 Å². The highest BCUT2D eigenvalue weighted by Gasteiger charge is 2.35. The minimum Gasteiger partial charge on any atom is -0.399 e. The van der Waals surface area contributed by atoms with Crippen LogP contribution in [0.3, 0.4) is 0 Å². The van der Waals surface area contributed by atoms with Crippen LogP contribution in [0.1, 0.15) is 57.4 Å². The number of benzene rings is 1. The molecule has 0 heterocycles. The SMILES string of the molecule is CC1CCC(C2CC=C(c3ccc(F)c(OC(F)(F)F)c3F)CC2)CC1. The summed E-state index contributed by atoms with van der Waals surface area (Å²) in [6, 6.07) is 2.03. The smallest absolute Gasteiger partial charge is 0.399 e. The van der Waals surface area contributed by atoms with E-state index in [-0.39, 0.29) is 5.56 Å². The molecule has 1 aromatic rings. The first-order chi connectivity index (χ1) is 12.2. The molecule has 1 fully saturated rings. The molecule has 1 unspecified atom stereocenters. The number of rotatable bonds is 3. The summed E-state index contributed by atoms with van der Waals surface area (Å²) in [6.07, 6.45) is 3.94. The largest absolute Gasteiger partial charge is 0.573 e. The van der Waals surface area contributed by atoms with Crippen LogP contribution in [-0.2, 0) is 0 Å². The molecule has 1 aromatic carbocycles. The Hall–Kier alpha value is -1.59.